The quantitative estimate of drug-likeness (QED) is 0.349. The second-order valence-electron chi connectivity index (χ2n) is 5.94. The van der Waals surface area contributed by atoms with Crippen molar-refractivity contribution in [2.45, 2.75) is 6.92 Å². The minimum Gasteiger partial charge on any atom is -0.455 e. The molecule has 0 atom stereocenters. The van der Waals surface area contributed by atoms with E-state index in [0.717, 1.165) is 32.6 Å². The number of nitrogens with zero attached hydrogens (tertiary/aromatic N) is 1. The van der Waals surface area contributed by atoms with Gasteiger partial charge in [-0.1, -0.05) is 58.4 Å². The van der Waals surface area contributed by atoms with Crippen molar-refractivity contribution >= 4 is 38.6 Å². The summed E-state index contributed by atoms with van der Waals surface area (Å²) in [5, 5.41) is 2.31. The molecule has 3 heteroatoms. The molecule has 0 aliphatic carbocycles. The smallest absolute Gasteiger partial charge is 0.145 e. The summed E-state index contributed by atoms with van der Waals surface area (Å²) < 4.78 is 6.97. The third kappa shape index (κ3) is 3.28. The lowest BCUT2D eigenvalue weighted by atomic mass is 10.1. The number of halogens is 1. The lowest BCUT2D eigenvalue weighted by Crippen LogP contribution is -1.79. The zero-order chi connectivity index (χ0) is 17.2. The molecular weight excluding hydrogens is 374 g/mol. The molecule has 0 N–H and O–H groups in total. The van der Waals surface area contributed by atoms with Gasteiger partial charge in [0.05, 0.1) is 11.9 Å². The molecule has 0 unspecified atom stereocenters. The van der Waals surface area contributed by atoms with Crippen LogP contribution in [0, 0.1) is 6.92 Å². The van der Waals surface area contributed by atoms with Crippen LogP contribution in [0.4, 0.5) is 5.69 Å². The van der Waals surface area contributed by atoms with Gasteiger partial charge >= 0.3 is 0 Å². The van der Waals surface area contributed by atoms with E-state index in [-0.39, 0.29) is 0 Å². The topological polar surface area (TPSA) is 25.5 Å². The van der Waals surface area contributed by atoms with Crippen molar-refractivity contribution in [3.05, 3.63) is 88.6 Å². The number of fused-ring (bicyclic) bond motifs is 1. The van der Waals surface area contributed by atoms with Crippen LogP contribution < -0.4 is 0 Å². The number of aliphatic imine (C=N–C) groups is 1. The predicted molar refractivity (Wildman–Crippen MR) is 108 cm³/mol. The monoisotopic (exact) mass is 389 g/mol. The van der Waals surface area contributed by atoms with Gasteiger partial charge in [0, 0.05) is 15.4 Å². The van der Waals surface area contributed by atoms with Crippen molar-refractivity contribution in [1.29, 1.82) is 0 Å². The molecule has 0 spiro atoms. The Kier molecular flexibility index (Phi) is 4.24. The number of rotatable bonds is 3. The molecule has 0 aliphatic rings. The third-order valence-corrected chi connectivity index (χ3v) is 4.77. The highest BCUT2D eigenvalue weighted by Crippen LogP contribution is 2.30. The maximum Gasteiger partial charge on any atom is 0.145 e. The van der Waals surface area contributed by atoms with Gasteiger partial charge < -0.3 is 4.42 Å². The highest BCUT2D eigenvalue weighted by molar-refractivity contribution is 9.10. The number of benzene rings is 3. The Morgan fingerprint density at radius 1 is 0.920 bits per heavy atom. The Labute approximate surface area is 155 Å². The fourth-order valence-corrected chi connectivity index (χ4v) is 3.53. The molecule has 1 heterocycles. The highest BCUT2D eigenvalue weighted by atomic mass is 79.9. The molecule has 0 amide bonds. The Morgan fingerprint density at radius 3 is 2.64 bits per heavy atom. The summed E-state index contributed by atoms with van der Waals surface area (Å²) in [6.07, 6.45) is 1.77. The molecular formula is C22H16BrNO. The summed E-state index contributed by atoms with van der Waals surface area (Å²) >= 11 is 3.60. The number of hydrogen-bond acceptors (Lipinski definition) is 2. The van der Waals surface area contributed by atoms with Gasteiger partial charge in [0.2, 0.25) is 0 Å². The zero-order valence-corrected chi connectivity index (χ0v) is 15.3. The molecule has 0 fully saturated rings. The van der Waals surface area contributed by atoms with E-state index in [4.69, 9.17) is 4.42 Å². The first-order chi connectivity index (χ1) is 12.2. The number of hydrogen-bond donors (Lipinski definition) is 0. The first kappa shape index (κ1) is 15.9. The van der Waals surface area contributed by atoms with E-state index >= 15 is 0 Å². The van der Waals surface area contributed by atoms with Crippen LogP contribution >= 0.6 is 15.9 Å². The van der Waals surface area contributed by atoms with Gasteiger partial charge in [-0.05, 0) is 48.2 Å². The summed E-state index contributed by atoms with van der Waals surface area (Å²) in [5.74, 6) is 1.56. The molecule has 3 aromatic carbocycles. The lowest BCUT2D eigenvalue weighted by Gasteiger charge is -2.02. The number of aryl methyl sites for hydroxylation is 1. The van der Waals surface area contributed by atoms with Crippen LogP contribution in [0.5, 0.6) is 0 Å². The van der Waals surface area contributed by atoms with Crippen LogP contribution in [0.2, 0.25) is 0 Å². The van der Waals surface area contributed by atoms with E-state index in [1.54, 1.807) is 6.21 Å². The maximum atomic E-state index is 5.94. The average Bonchev–Trinajstić information content (AvgIpc) is 3.08. The summed E-state index contributed by atoms with van der Waals surface area (Å²) in [7, 11) is 0. The molecule has 0 radical (unpaired) electrons. The fourth-order valence-electron chi connectivity index (χ4n) is 2.84. The molecule has 1 aromatic heterocycles. The van der Waals surface area contributed by atoms with Gasteiger partial charge in [0.25, 0.3) is 0 Å². The van der Waals surface area contributed by atoms with E-state index in [9.17, 15) is 0 Å². The predicted octanol–water partition coefficient (Wildman–Crippen LogP) is 6.92. The largest absolute Gasteiger partial charge is 0.455 e. The van der Waals surface area contributed by atoms with Gasteiger partial charge in [0.15, 0.2) is 0 Å². The van der Waals surface area contributed by atoms with Crippen LogP contribution in [0.1, 0.15) is 11.3 Å². The Morgan fingerprint density at radius 2 is 1.76 bits per heavy atom. The van der Waals surface area contributed by atoms with Gasteiger partial charge in [-0.3, -0.25) is 4.99 Å². The minimum absolute atomic E-state index is 0.732. The molecule has 122 valence electrons. The molecule has 0 aliphatic heterocycles. The van der Waals surface area contributed by atoms with Crippen molar-refractivity contribution in [3.8, 4) is 11.3 Å². The van der Waals surface area contributed by atoms with Crippen LogP contribution in [-0.2, 0) is 0 Å². The van der Waals surface area contributed by atoms with Crippen molar-refractivity contribution < 1.29 is 4.42 Å². The van der Waals surface area contributed by atoms with Gasteiger partial charge in [-0.25, -0.2) is 0 Å². The Balaban J connectivity index is 1.65. The Hall–Kier alpha value is -2.65. The molecule has 0 saturated carbocycles. The van der Waals surface area contributed by atoms with Crippen LogP contribution in [0.25, 0.3) is 22.1 Å². The lowest BCUT2D eigenvalue weighted by molar-refractivity contribution is 0.575. The van der Waals surface area contributed by atoms with Crippen molar-refractivity contribution in [1.82, 2.24) is 0 Å². The average molecular weight is 390 g/mol. The van der Waals surface area contributed by atoms with Crippen molar-refractivity contribution in [2.75, 3.05) is 0 Å². The molecule has 25 heavy (non-hydrogen) atoms. The maximum absolute atomic E-state index is 5.94. The normalized spacial score (nSPS) is 11.4. The van der Waals surface area contributed by atoms with Crippen molar-refractivity contribution in [3.63, 3.8) is 0 Å². The second kappa shape index (κ2) is 6.69. The first-order valence-corrected chi connectivity index (χ1v) is 8.88. The SMILES string of the molecule is Cc1ccc(-c2ccc(C=Nc3cccc4ccccc34)o2)c(Br)c1. The minimum atomic E-state index is 0.732. The van der Waals surface area contributed by atoms with Crippen LogP contribution in [0.3, 0.4) is 0 Å². The van der Waals surface area contributed by atoms with Crippen molar-refractivity contribution in [2.24, 2.45) is 4.99 Å². The fraction of sp³-hybridized carbons (Fsp3) is 0.0455. The Bertz CT molecular complexity index is 1070. The van der Waals surface area contributed by atoms with E-state index in [1.807, 2.05) is 36.4 Å². The highest BCUT2D eigenvalue weighted by Gasteiger charge is 2.08. The molecule has 2 nitrogen and oxygen atoms in total. The molecule has 0 bridgehead atoms. The van der Waals surface area contributed by atoms with Crippen LogP contribution in [-0.4, -0.2) is 6.21 Å². The second-order valence-corrected chi connectivity index (χ2v) is 6.80. The standard InChI is InChI=1S/C22H16BrNO/c1-15-9-11-19(20(23)13-15)22-12-10-17(25-22)14-24-21-8-4-6-16-5-2-3-7-18(16)21/h2-14H,1H3. The van der Waals surface area contributed by atoms with Gasteiger partial charge in [0.1, 0.15) is 11.5 Å². The van der Waals surface area contributed by atoms with E-state index in [1.165, 1.54) is 10.9 Å². The molecule has 4 aromatic rings. The molecule has 4 rings (SSSR count). The number of furan rings is 1. The van der Waals surface area contributed by atoms with E-state index < -0.39 is 0 Å². The van der Waals surface area contributed by atoms with Crippen LogP contribution in [0.15, 0.2) is 86.7 Å². The summed E-state index contributed by atoms with van der Waals surface area (Å²) in [6.45, 7) is 2.07. The summed E-state index contributed by atoms with van der Waals surface area (Å²) in [5.41, 5.74) is 3.18. The van der Waals surface area contributed by atoms with E-state index in [2.05, 4.69) is 64.2 Å². The zero-order valence-electron chi connectivity index (χ0n) is 13.7. The van der Waals surface area contributed by atoms with Gasteiger partial charge in [-0.2, -0.15) is 0 Å². The first-order valence-electron chi connectivity index (χ1n) is 8.09. The van der Waals surface area contributed by atoms with Gasteiger partial charge in [-0.15, -0.1) is 0 Å². The summed E-state index contributed by atoms with van der Waals surface area (Å²) in [4.78, 5) is 4.62. The summed E-state index contributed by atoms with van der Waals surface area (Å²) in [6, 6.07) is 24.5. The molecule has 0 saturated heterocycles. The van der Waals surface area contributed by atoms with E-state index in [0.29, 0.717) is 0 Å². The third-order valence-electron chi connectivity index (χ3n) is 4.11.